The van der Waals surface area contributed by atoms with Crippen LogP contribution in [0.2, 0.25) is 13.6 Å². The highest BCUT2D eigenvalue weighted by atomic mass is 31.2. The smallest absolute Gasteiger partial charge is 0.207 e. The fourth-order valence-electron chi connectivity index (χ4n) is 13.3. The zero-order valence-corrected chi connectivity index (χ0v) is 63.0. The predicted molar refractivity (Wildman–Crippen MR) is 423 cm³/mol. The molecule has 11 rings (SSSR count). The maximum absolute atomic E-state index is 13.7. The lowest BCUT2D eigenvalue weighted by molar-refractivity contribution is 0.589. The summed E-state index contributed by atoms with van der Waals surface area (Å²) in [5.41, 5.74) is 27.8. The SMILES string of the molecule is CB(c1c(C)cc(C)cc1C)c1c(C)cc(C)cc1C.CB(c1ccccc1)c1ccccc1.CP(=O)(c1ccccc1)c1ccccc1.Cc1cc(C)c(P(C)(=O)c2c(C)cc(C)cc2C)c(C)c1.Cc1cc(C)cc(C)c1.Cc1ccc(C#N)cc1.Cc1ccccc1F. The zero-order chi connectivity index (χ0) is 71.0. The van der Waals surface area contributed by atoms with Gasteiger partial charge in [-0.05, 0) is 177 Å². The van der Waals surface area contributed by atoms with Crippen LogP contribution in [0, 0.1) is 135 Å². The van der Waals surface area contributed by atoms with Gasteiger partial charge in [0, 0.05) is 21.2 Å². The van der Waals surface area contributed by atoms with E-state index in [4.69, 9.17) is 5.26 Å². The molecule has 0 N–H and O–H groups in total. The summed E-state index contributed by atoms with van der Waals surface area (Å²) in [6, 6.07) is 81.0. The summed E-state index contributed by atoms with van der Waals surface area (Å²) >= 11 is 0. The van der Waals surface area contributed by atoms with Crippen molar-refractivity contribution in [1.82, 2.24) is 0 Å². The molecule has 0 aromatic heterocycles. The largest absolute Gasteiger partial charge is 0.314 e. The number of hydrogen-bond acceptors (Lipinski definition) is 3. The molecule has 0 fully saturated rings. The molecule has 0 saturated heterocycles. The van der Waals surface area contributed by atoms with Crippen LogP contribution in [0.5, 0.6) is 0 Å². The molecule has 8 heteroatoms. The Morgan fingerprint density at radius 2 is 0.573 bits per heavy atom. The molecule has 11 aromatic carbocycles. The number of aryl methyl sites for hydroxylation is 17. The average Bonchev–Trinajstić information content (AvgIpc) is 0.789. The van der Waals surface area contributed by atoms with Crippen molar-refractivity contribution < 1.29 is 13.5 Å². The fraction of sp³-hybridized carbons (Fsp3) is 0.239. The summed E-state index contributed by atoms with van der Waals surface area (Å²) in [5, 5.41) is 12.3. The second-order valence-electron chi connectivity index (χ2n) is 26.3. The van der Waals surface area contributed by atoms with E-state index in [1.54, 1.807) is 19.1 Å². The van der Waals surface area contributed by atoms with Gasteiger partial charge in [-0.15, -0.1) is 0 Å². The van der Waals surface area contributed by atoms with E-state index in [0.29, 0.717) is 19.0 Å². The van der Waals surface area contributed by atoms with Gasteiger partial charge in [-0.1, -0.05) is 321 Å². The lowest BCUT2D eigenvalue weighted by Gasteiger charge is -2.23. The van der Waals surface area contributed by atoms with Gasteiger partial charge in [-0.25, -0.2) is 4.39 Å². The molecule has 0 atom stereocenters. The van der Waals surface area contributed by atoms with Crippen molar-refractivity contribution in [3.8, 4) is 6.07 Å². The molecule has 0 aliphatic heterocycles. The molecule has 0 aliphatic rings. The van der Waals surface area contributed by atoms with Gasteiger partial charge in [0.15, 0.2) is 0 Å². The average molecular weight is 1310 g/mol. The van der Waals surface area contributed by atoms with Crippen LogP contribution < -0.4 is 43.1 Å². The Hall–Kier alpha value is -8.57. The van der Waals surface area contributed by atoms with Crippen molar-refractivity contribution in [1.29, 1.82) is 5.26 Å². The van der Waals surface area contributed by atoms with Crippen molar-refractivity contribution >= 4 is 70.8 Å². The molecule has 0 heterocycles. The van der Waals surface area contributed by atoms with Crippen LogP contribution in [0.4, 0.5) is 4.39 Å². The molecule has 0 bridgehead atoms. The second-order valence-corrected chi connectivity index (χ2v) is 31.9. The highest BCUT2D eigenvalue weighted by molar-refractivity contribution is 7.78. The van der Waals surface area contributed by atoms with Crippen LogP contribution >= 0.6 is 14.3 Å². The highest BCUT2D eigenvalue weighted by Gasteiger charge is 2.29. The van der Waals surface area contributed by atoms with Gasteiger partial charge < -0.3 is 9.13 Å². The minimum atomic E-state index is -2.59. The standard InChI is InChI=1S/C19H25B.C19H25OP.C13H13B.C13H13OP.C9H12.C8H7N.C7H7F/c1-12-8-14(3)18(15(4)9-12)20(7)19-16(5)10-13(2)11-17(19)6;1-12-8-14(3)18(15(4)9-12)21(7,20)19-16(5)10-13(2)11-17(19)6;1-14(12-8-4-2-5-9-12)13-10-6-3-7-11-13;1-15(14,12-8-4-2-5-9-12)13-10-6-3-7-11-13;1-7-4-8(2)6-9(3)5-7;1-7-2-4-8(6-9)5-3-7;1-6-4-2-3-5-7(6)8/h8-11H,1-7H3;8-11H,1-7H3;2-11H,1H3;2-11H,1H3;4-6H,1-3H3;2-5H,1H3;2-5H,1H3. The summed E-state index contributed by atoms with van der Waals surface area (Å²) in [6.45, 7) is 45.2. The first-order chi connectivity index (χ1) is 45.3. The minimum Gasteiger partial charge on any atom is -0.314 e. The van der Waals surface area contributed by atoms with Gasteiger partial charge in [0.2, 0.25) is 13.4 Å². The molecular formula is C88H102B2FNO2P2. The summed E-state index contributed by atoms with van der Waals surface area (Å²) in [7, 11) is -4.98. The Morgan fingerprint density at radius 3 is 0.854 bits per heavy atom. The number of benzene rings is 11. The highest BCUT2D eigenvalue weighted by Crippen LogP contribution is 2.44. The van der Waals surface area contributed by atoms with Crippen molar-refractivity contribution in [2.75, 3.05) is 13.3 Å². The lowest BCUT2D eigenvalue weighted by Crippen LogP contribution is -2.45. The van der Waals surface area contributed by atoms with E-state index in [1.807, 2.05) is 111 Å². The predicted octanol–water partition coefficient (Wildman–Crippen LogP) is 19.4. The van der Waals surface area contributed by atoms with Crippen molar-refractivity contribution in [3.63, 3.8) is 0 Å². The van der Waals surface area contributed by atoms with Gasteiger partial charge in [0.1, 0.15) is 20.1 Å². The van der Waals surface area contributed by atoms with Crippen LogP contribution in [0.3, 0.4) is 0 Å². The molecule has 96 heavy (non-hydrogen) atoms. The number of halogens is 1. The van der Waals surface area contributed by atoms with E-state index < -0.39 is 14.3 Å². The van der Waals surface area contributed by atoms with E-state index in [-0.39, 0.29) is 5.82 Å². The third-order valence-corrected chi connectivity index (χ3v) is 22.9. The van der Waals surface area contributed by atoms with Gasteiger partial charge in [0.25, 0.3) is 0 Å². The second kappa shape index (κ2) is 37.1. The monoisotopic (exact) mass is 1310 g/mol. The summed E-state index contributed by atoms with van der Waals surface area (Å²) in [4.78, 5) is 0. The fourth-order valence-corrected chi connectivity index (χ4v) is 18.3. The van der Waals surface area contributed by atoms with Gasteiger partial charge >= 0.3 is 0 Å². The Bertz CT molecular complexity index is 4080. The summed E-state index contributed by atoms with van der Waals surface area (Å²) < 4.78 is 38.7. The van der Waals surface area contributed by atoms with E-state index in [0.717, 1.165) is 49.0 Å². The molecule has 0 radical (unpaired) electrons. The van der Waals surface area contributed by atoms with Gasteiger partial charge in [0.05, 0.1) is 11.6 Å². The number of nitriles is 1. The first-order valence-corrected chi connectivity index (χ1v) is 37.6. The summed E-state index contributed by atoms with van der Waals surface area (Å²) in [5.74, 6) is -0.132. The maximum atomic E-state index is 13.7. The summed E-state index contributed by atoms with van der Waals surface area (Å²) in [6.07, 6.45) is 0. The maximum Gasteiger partial charge on any atom is 0.207 e. The van der Waals surface area contributed by atoms with Crippen molar-refractivity contribution in [2.45, 2.75) is 131 Å². The molecule has 0 saturated carbocycles. The van der Waals surface area contributed by atoms with Gasteiger partial charge in [-0.3, -0.25) is 0 Å². The van der Waals surface area contributed by atoms with Crippen LogP contribution in [-0.2, 0) is 9.13 Å². The number of nitrogens with zero attached hydrogens (tertiary/aromatic N) is 1. The Morgan fingerprint density at radius 1 is 0.302 bits per heavy atom. The molecule has 0 unspecified atom stereocenters. The van der Waals surface area contributed by atoms with Crippen LogP contribution in [0.25, 0.3) is 0 Å². The first-order valence-electron chi connectivity index (χ1n) is 33.3. The van der Waals surface area contributed by atoms with Crippen LogP contribution in [0.15, 0.2) is 237 Å². The number of hydrogen-bond donors (Lipinski definition) is 0. The lowest BCUT2D eigenvalue weighted by atomic mass is 9.39. The van der Waals surface area contributed by atoms with E-state index in [2.05, 4.69) is 251 Å². The van der Waals surface area contributed by atoms with E-state index >= 15 is 0 Å². The molecule has 0 amide bonds. The Labute approximate surface area is 579 Å². The van der Waals surface area contributed by atoms with Crippen molar-refractivity contribution in [3.05, 3.63) is 343 Å². The Kier molecular flexibility index (Phi) is 30.2. The molecule has 494 valence electrons. The zero-order valence-electron chi connectivity index (χ0n) is 61.2. The van der Waals surface area contributed by atoms with Crippen LogP contribution in [-0.4, -0.2) is 26.8 Å². The molecule has 0 aliphatic carbocycles. The van der Waals surface area contributed by atoms with Crippen LogP contribution in [0.1, 0.15) is 100 Å². The topological polar surface area (TPSA) is 57.9 Å². The van der Waals surface area contributed by atoms with Crippen molar-refractivity contribution in [2.24, 2.45) is 0 Å². The van der Waals surface area contributed by atoms with E-state index in [1.165, 1.54) is 94.7 Å². The first kappa shape index (κ1) is 78.1. The number of rotatable bonds is 8. The quantitative estimate of drug-likeness (QED) is 0.113. The Balaban J connectivity index is 0.000000208. The van der Waals surface area contributed by atoms with E-state index in [9.17, 15) is 13.5 Å². The molecule has 0 spiro atoms. The molecular weight excluding hydrogens is 1210 g/mol. The molecule has 3 nitrogen and oxygen atoms in total. The normalized spacial score (nSPS) is 10.5. The third-order valence-electron chi connectivity index (χ3n) is 17.2. The van der Waals surface area contributed by atoms with Gasteiger partial charge in [-0.2, -0.15) is 5.26 Å². The third kappa shape index (κ3) is 23.1. The minimum absolute atomic E-state index is 0.132. The molecule has 11 aromatic rings.